The largest absolute Gasteiger partial charge is 0.506 e. The van der Waals surface area contributed by atoms with Crippen molar-refractivity contribution in [2.24, 2.45) is 0 Å². The molecule has 2 N–H and O–H groups in total. The first-order valence-electron chi connectivity index (χ1n) is 9.62. The van der Waals surface area contributed by atoms with Crippen molar-refractivity contribution in [2.75, 3.05) is 12.4 Å². The molecule has 4 rings (SSSR count). The fourth-order valence-corrected chi connectivity index (χ4v) is 3.23. The summed E-state index contributed by atoms with van der Waals surface area (Å²) in [6.07, 6.45) is 0.899. The summed E-state index contributed by atoms with van der Waals surface area (Å²) < 4.78 is 5.14. The van der Waals surface area contributed by atoms with E-state index in [0.717, 1.165) is 27.9 Å². The summed E-state index contributed by atoms with van der Waals surface area (Å²) in [5, 5.41) is 22.1. The van der Waals surface area contributed by atoms with Crippen LogP contribution < -0.4 is 10.1 Å². The summed E-state index contributed by atoms with van der Waals surface area (Å²) in [5.74, 6) is 0.578. The third kappa shape index (κ3) is 4.10. The Labute approximate surface area is 173 Å². The summed E-state index contributed by atoms with van der Waals surface area (Å²) in [6, 6.07) is 18.5. The van der Waals surface area contributed by atoms with Crippen molar-refractivity contribution in [1.29, 1.82) is 0 Å². The topological polar surface area (TPSA) is 89.3 Å². The molecule has 0 bridgehead atoms. The van der Waals surface area contributed by atoms with E-state index in [-0.39, 0.29) is 11.7 Å². The maximum absolute atomic E-state index is 12.4. The van der Waals surface area contributed by atoms with Crippen LogP contribution in [0.3, 0.4) is 0 Å². The maximum atomic E-state index is 12.4. The van der Waals surface area contributed by atoms with Gasteiger partial charge in [-0.05, 0) is 54.8 Å². The molecular weight excluding hydrogens is 380 g/mol. The van der Waals surface area contributed by atoms with E-state index < -0.39 is 0 Å². The van der Waals surface area contributed by atoms with E-state index in [1.807, 2.05) is 55.5 Å². The Morgan fingerprint density at radius 1 is 1.07 bits per heavy atom. The van der Waals surface area contributed by atoms with Crippen LogP contribution in [0.2, 0.25) is 0 Å². The van der Waals surface area contributed by atoms with Crippen LogP contribution in [0.5, 0.6) is 11.5 Å². The van der Waals surface area contributed by atoms with Crippen LogP contribution in [-0.2, 0) is 11.2 Å². The van der Waals surface area contributed by atoms with Gasteiger partial charge in [0.1, 0.15) is 22.5 Å². The number of rotatable bonds is 6. The van der Waals surface area contributed by atoms with Crippen molar-refractivity contribution < 1.29 is 14.6 Å². The van der Waals surface area contributed by atoms with Crippen molar-refractivity contribution >= 4 is 22.6 Å². The summed E-state index contributed by atoms with van der Waals surface area (Å²) in [5.41, 5.74) is 4.43. The number of fused-ring (bicyclic) bond motifs is 1. The number of aromatic nitrogens is 3. The quantitative estimate of drug-likeness (QED) is 0.476. The molecule has 0 spiro atoms. The van der Waals surface area contributed by atoms with Crippen molar-refractivity contribution in [3.8, 4) is 17.2 Å². The molecule has 0 unspecified atom stereocenters. The summed E-state index contributed by atoms with van der Waals surface area (Å²) in [4.78, 5) is 13.9. The Morgan fingerprint density at radius 3 is 2.37 bits per heavy atom. The lowest BCUT2D eigenvalue weighted by molar-refractivity contribution is -0.116. The van der Waals surface area contributed by atoms with Crippen molar-refractivity contribution in [3.63, 3.8) is 0 Å². The number of carbonyl (C=O) groups is 1. The zero-order valence-electron chi connectivity index (χ0n) is 16.8. The lowest BCUT2D eigenvalue weighted by Crippen LogP contribution is -2.13. The number of hydrogen-bond donors (Lipinski definition) is 2. The van der Waals surface area contributed by atoms with Crippen molar-refractivity contribution in [3.05, 3.63) is 71.8 Å². The van der Waals surface area contributed by atoms with E-state index in [0.29, 0.717) is 24.2 Å². The fourth-order valence-electron chi connectivity index (χ4n) is 3.23. The molecule has 0 aliphatic carbocycles. The fraction of sp³-hybridized carbons (Fsp3) is 0.174. The molecule has 0 fully saturated rings. The van der Waals surface area contributed by atoms with Crippen LogP contribution in [0, 0.1) is 6.92 Å². The first kappa shape index (κ1) is 19.4. The number of ether oxygens (including phenoxy) is 1. The summed E-state index contributed by atoms with van der Waals surface area (Å²) in [7, 11) is 1.62. The van der Waals surface area contributed by atoms with E-state index in [1.54, 1.807) is 19.2 Å². The SMILES string of the molecule is COc1ccc(CCC(=O)Nc2cc(C)c(-n3nc4ccccc4n3)cc2O)cc1. The number of carbonyl (C=O) groups excluding carboxylic acids is 1. The predicted molar refractivity (Wildman–Crippen MR) is 115 cm³/mol. The van der Waals surface area contributed by atoms with Gasteiger partial charge in [-0.1, -0.05) is 24.3 Å². The van der Waals surface area contributed by atoms with Gasteiger partial charge in [-0.15, -0.1) is 10.2 Å². The monoisotopic (exact) mass is 402 g/mol. The van der Waals surface area contributed by atoms with E-state index in [2.05, 4.69) is 15.5 Å². The molecule has 0 aliphatic rings. The van der Waals surface area contributed by atoms with Gasteiger partial charge >= 0.3 is 0 Å². The molecule has 0 aliphatic heterocycles. The molecule has 0 radical (unpaired) electrons. The number of phenolic OH excluding ortho intramolecular Hbond substituents is 1. The second kappa shape index (κ2) is 8.24. The first-order valence-corrected chi connectivity index (χ1v) is 9.62. The number of phenols is 1. The number of anilines is 1. The number of methoxy groups -OCH3 is 1. The van der Waals surface area contributed by atoms with Gasteiger partial charge in [0.25, 0.3) is 0 Å². The van der Waals surface area contributed by atoms with E-state index in [9.17, 15) is 9.90 Å². The molecule has 7 nitrogen and oxygen atoms in total. The number of nitrogens with one attached hydrogen (secondary N) is 1. The highest BCUT2D eigenvalue weighted by Gasteiger charge is 2.13. The van der Waals surface area contributed by atoms with Gasteiger partial charge in [0.15, 0.2) is 0 Å². The number of aryl methyl sites for hydroxylation is 2. The molecule has 1 aromatic heterocycles. The second-order valence-electron chi connectivity index (χ2n) is 7.03. The van der Waals surface area contributed by atoms with Crippen molar-refractivity contribution in [1.82, 2.24) is 15.0 Å². The third-order valence-electron chi connectivity index (χ3n) is 4.89. The Hall–Kier alpha value is -3.87. The lowest BCUT2D eigenvalue weighted by Gasteiger charge is -2.12. The zero-order chi connectivity index (χ0) is 21.1. The van der Waals surface area contributed by atoms with Gasteiger partial charge in [0.05, 0.1) is 18.5 Å². The van der Waals surface area contributed by atoms with E-state index in [1.165, 1.54) is 4.80 Å². The van der Waals surface area contributed by atoms with Crippen LogP contribution in [-0.4, -0.2) is 33.1 Å². The molecule has 4 aromatic rings. The van der Waals surface area contributed by atoms with Gasteiger partial charge in [-0.3, -0.25) is 4.79 Å². The van der Waals surface area contributed by atoms with Gasteiger partial charge in [0, 0.05) is 12.5 Å². The minimum atomic E-state index is -0.170. The van der Waals surface area contributed by atoms with Crippen LogP contribution in [0.15, 0.2) is 60.7 Å². The zero-order valence-corrected chi connectivity index (χ0v) is 16.8. The minimum Gasteiger partial charge on any atom is -0.506 e. The average molecular weight is 402 g/mol. The average Bonchev–Trinajstić information content (AvgIpc) is 3.19. The highest BCUT2D eigenvalue weighted by Crippen LogP contribution is 2.29. The maximum Gasteiger partial charge on any atom is 0.224 e. The normalized spacial score (nSPS) is 10.9. The summed E-state index contributed by atoms with van der Waals surface area (Å²) in [6.45, 7) is 1.88. The molecule has 0 saturated carbocycles. The molecule has 7 heteroatoms. The first-order chi connectivity index (χ1) is 14.5. The Morgan fingerprint density at radius 2 is 1.73 bits per heavy atom. The van der Waals surface area contributed by atoms with Gasteiger partial charge in [-0.25, -0.2) is 0 Å². The number of amides is 1. The molecular formula is C23H22N4O3. The molecule has 1 heterocycles. The molecule has 30 heavy (non-hydrogen) atoms. The number of benzene rings is 3. The van der Waals surface area contributed by atoms with Crippen LogP contribution in [0.1, 0.15) is 17.5 Å². The van der Waals surface area contributed by atoms with Crippen LogP contribution >= 0.6 is 0 Å². The number of aromatic hydroxyl groups is 1. The third-order valence-corrected chi connectivity index (χ3v) is 4.89. The molecule has 0 saturated heterocycles. The molecule has 3 aromatic carbocycles. The predicted octanol–water partition coefficient (Wildman–Crippen LogP) is 4.01. The molecule has 152 valence electrons. The Balaban J connectivity index is 1.46. The van der Waals surface area contributed by atoms with Gasteiger partial charge in [-0.2, -0.15) is 4.80 Å². The van der Waals surface area contributed by atoms with Crippen molar-refractivity contribution in [2.45, 2.75) is 19.8 Å². The Bertz CT molecular complexity index is 1170. The highest BCUT2D eigenvalue weighted by molar-refractivity contribution is 5.92. The van der Waals surface area contributed by atoms with Gasteiger partial charge < -0.3 is 15.2 Å². The number of nitrogens with zero attached hydrogens (tertiary/aromatic N) is 3. The smallest absolute Gasteiger partial charge is 0.224 e. The lowest BCUT2D eigenvalue weighted by atomic mass is 10.1. The van der Waals surface area contributed by atoms with Crippen LogP contribution in [0.25, 0.3) is 16.7 Å². The highest BCUT2D eigenvalue weighted by atomic mass is 16.5. The second-order valence-corrected chi connectivity index (χ2v) is 7.03. The summed E-state index contributed by atoms with van der Waals surface area (Å²) >= 11 is 0. The minimum absolute atomic E-state index is 0.0326. The number of hydrogen-bond acceptors (Lipinski definition) is 5. The molecule has 1 amide bonds. The van der Waals surface area contributed by atoms with Gasteiger partial charge in [0.2, 0.25) is 5.91 Å². The molecule has 0 atom stereocenters. The Kier molecular flexibility index (Phi) is 5.34. The van der Waals surface area contributed by atoms with E-state index in [4.69, 9.17) is 4.74 Å². The standard InChI is InChI=1S/C23H22N4O3/c1-15-13-20(24-23(29)12-9-16-7-10-17(30-2)11-8-16)22(28)14-21(15)27-25-18-5-3-4-6-19(18)26-27/h3-8,10-11,13-14,28H,9,12H2,1-2H3,(H,24,29). The van der Waals surface area contributed by atoms with Crippen LogP contribution in [0.4, 0.5) is 5.69 Å². The van der Waals surface area contributed by atoms with E-state index >= 15 is 0 Å².